The maximum Gasteiger partial charge on any atom is 0.249 e. The van der Waals surface area contributed by atoms with Crippen LogP contribution in [0.25, 0.3) is 11.0 Å². The van der Waals surface area contributed by atoms with Gasteiger partial charge in [0, 0.05) is 32.4 Å². The molecule has 140 valence electrons. The largest absolute Gasteiger partial charge is 0.368 e. The Morgan fingerprint density at radius 2 is 2.42 bits per heavy atom. The molecular formula is C18H26N6O2. The number of aryl methyl sites for hydroxylation is 1. The summed E-state index contributed by atoms with van der Waals surface area (Å²) in [7, 11) is 0. The van der Waals surface area contributed by atoms with Crippen LogP contribution in [-0.4, -0.2) is 58.7 Å². The second-order valence-corrected chi connectivity index (χ2v) is 7.34. The molecule has 0 aliphatic carbocycles. The molecule has 2 saturated heterocycles. The van der Waals surface area contributed by atoms with Gasteiger partial charge in [-0.25, -0.2) is 9.97 Å². The van der Waals surface area contributed by atoms with Gasteiger partial charge >= 0.3 is 0 Å². The summed E-state index contributed by atoms with van der Waals surface area (Å²) < 4.78 is 5.43. The number of fused-ring (bicyclic) bond motifs is 1. The predicted molar refractivity (Wildman–Crippen MR) is 99.0 cm³/mol. The van der Waals surface area contributed by atoms with Crippen molar-refractivity contribution < 1.29 is 9.53 Å². The molecular weight excluding hydrogens is 332 g/mol. The van der Waals surface area contributed by atoms with Crippen LogP contribution in [0.4, 0.5) is 5.82 Å². The first kappa shape index (κ1) is 17.2. The molecule has 26 heavy (non-hydrogen) atoms. The first-order valence-electron chi connectivity index (χ1n) is 9.34. The molecule has 2 aliphatic rings. The number of rotatable bonds is 5. The van der Waals surface area contributed by atoms with E-state index >= 15 is 0 Å². The molecule has 0 bridgehead atoms. The molecule has 8 nitrogen and oxygen atoms in total. The van der Waals surface area contributed by atoms with E-state index in [1.54, 1.807) is 6.33 Å². The zero-order chi connectivity index (χ0) is 18.1. The molecule has 0 aromatic carbocycles. The lowest BCUT2D eigenvalue weighted by atomic mass is 10.00. The molecule has 2 aliphatic heterocycles. The van der Waals surface area contributed by atoms with Crippen LogP contribution in [0.3, 0.4) is 0 Å². The van der Waals surface area contributed by atoms with Crippen molar-refractivity contribution in [2.45, 2.75) is 44.2 Å². The predicted octanol–water partition coefficient (Wildman–Crippen LogP) is 0.723. The Balaban J connectivity index is 1.46. The third-order valence-corrected chi connectivity index (χ3v) is 5.43. The van der Waals surface area contributed by atoms with Crippen LogP contribution in [-0.2, 0) is 16.0 Å². The molecule has 1 unspecified atom stereocenters. The van der Waals surface area contributed by atoms with Gasteiger partial charge in [0.1, 0.15) is 23.9 Å². The van der Waals surface area contributed by atoms with Gasteiger partial charge in [0.2, 0.25) is 5.91 Å². The Labute approximate surface area is 152 Å². The maximum absolute atomic E-state index is 12.2. The molecule has 0 saturated carbocycles. The van der Waals surface area contributed by atoms with Gasteiger partial charge in [0.05, 0.1) is 10.9 Å². The zero-order valence-corrected chi connectivity index (χ0v) is 15.1. The average molecular weight is 358 g/mol. The lowest BCUT2D eigenvalue weighted by Gasteiger charge is -2.26. The first-order chi connectivity index (χ1) is 12.6. The molecule has 4 N–H and O–H groups in total. The number of carbonyl (C=O) groups is 1. The van der Waals surface area contributed by atoms with E-state index < -0.39 is 5.54 Å². The number of anilines is 1. The number of amides is 1. The van der Waals surface area contributed by atoms with Crippen molar-refractivity contribution in [3.8, 4) is 0 Å². The lowest BCUT2D eigenvalue weighted by Crippen LogP contribution is -2.53. The Morgan fingerprint density at radius 1 is 1.54 bits per heavy atom. The van der Waals surface area contributed by atoms with Crippen molar-refractivity contribution >= 4 is 22.8 Å². The van der Waals surface area contributed by atoms with E-state index in [9.17, 15) is 4.79 Å². The van der Waals surface area contributed by atoms with Crippen molar-refractivity contribution in [1.82, 2.24) is 20.3 Å². The van der Waals surface area contributed by atoms with Crippen molar-refractivity contribution in [1.29, 1.82) is 0 Å². The molecule has 1 amide bonds. The fraction of sp³-hybridized carbons (Fsp3) is 0.611. The molecule has 4 heterocycles. The summed E-state index contributed by atoms with van der Waals surface area (Å²) >= 11 is 0. The Hall–Kier alpha value is -2.19. The van der Waals surface area contributed by atoms with Crippen LogP contribution in [0.15, 0.2) is 12.5 Å². The van der Waals surface area contributed by atoms with E-state index in [-0.39, 0.29) is 12.0 Å². The van der Waals surface area contributed by atoms with Crippen LogP contribution < -0.4 is 16.0 Å². The minimum Gasteiger partial charge on any atom is -0.368 e. The Morgan fingerprint density at radius 3 is 3.19 bits per heavy atom. The Bertz CT molecular complexity index is 800. The van der Waals surface area contributed by atoms with E-state index in [0.717, 1.165) is 49.1 Å². The summed E-state index contributed by atoms with van der Waals surface area (Å²) in [6.45, 7) is 4.70. The molecule has 2 aromatic heterocycles. The number of nitrogens with zero attached hydrogens (tertiary/aromatic N) is 3. The smallest absolute Gasteiger partial charge is 0.249 e. The normalized spacial score (nSPS) is 25.9. The quantitative estimate of drug-likeness (QED) is 0.727. The molecule has 0 spiro atoms. The number of carbonyl (C=O) groups excluding carboxylic acids is 1. The second kappa shape index (κ2) is 6.85. The number of hydrogen-bond acceptors (Lipinski definition) is 6. The number of ether oxygens (including phenoxy) is 1. The summed E-state index contributed by atoms with van der Waals surface area (Å²) in [4.78, 5) is 26.5. The van der Waals surface area contributed by atoms with Crippen LogP contribution in [0.1, 0.15) is 31.7 Å². The number of aromatic amines is 1. The van der Waals surface area contributed by atoms with E-state index in [1.807, 2.05) is 6.20 Å². The molecule has 2 fully saturated rings. The van der Waals surface area contributed by atoms with Gasteiger partial charge in [-0.15, -0.1) is 0 Å². The maximum atomic E-state index is 12.2. The van der Waals surface area contributed by atoms with Crippen molar-refractivity contribution in [2.24, 2.45) is 5.73 Å². The van der Waals surface area contributed by atoms with Gasteiger partial charge < -0.3 is 25.7 Å². The summed E-state index contributed by atoms with van der Waals surface area (Å²) in [5.74, 6) is 0.875. The molecule has 2 atom stereocenters. The highest BCUT2D eigenvalue weighted by molar-refractivity contribution is 5.91. The van der Waals surface area contributed by atoms with Gasteiger partial charge in [-0.05, 0) is 31.2 Å². The highest BCUT2D eigenvalue weighted by atomic mass is 16.5. The van der Waals surface area contributed by atoms with E-state index in [0.29, 0.717) is 19.7 Å². The average Bonchev–Trinajstić information content (AvgIpc) is 3.39. The minimum absolute atomic E-state index is 0.0471. The van der Waals surface area contributed by atoms with Crippen LogP contribution in [0, 0.1) is 0 Å². The number of aromatic nitrogens is 3. The summed E-state index contributed by atoms with van der Waals surface area (Å²) in [6, 6.07) is 0. The van der Waals surface area contributed by atoms with E-state index in [4.69, 9.17) is 10.5 Å². The van der Waals surface area contributed by atoms with Crippen molar-refractivity contribution in [2.75, 3.05) is 31.1 Å². The standard InChI is InChI=1S/C18H26N6O2/c1-2-12-8-20-15-14(12)16(23-11-22-15)24-6-5-18(19,10-24)9-21-17(25)13-4-3-7-26-13/h8,11,13H,2-7,9-10,19H2,1H3,(H,21,25)(H,20,22,23)/t13?,18-/m0/s1. The van der Waals surface area contributed by atoms with Crippen molar-refractivity contribution in [3.63, 3.8) is 0 Å². The van der Waals surface area contributed by atoms with E-state index in [1.165, 1.54) is 5.56 Å². The van der Waals surface area contributed by atoms with Crippen molar-refractivity contribution in [3.05, 3.63) is 18.1 Å². The third kappa shape index (κ3) is 3.14. The van der Waals surface area contributed by atoms with Gasteiger partial charge in [0.15, 0.2) is 0 Å². The van der Waals surface area contributed by atoms with Crippen LogP contribution in [0.2, 0.25) is 0 Å². The van der Waals surface area contributed by atoms with Crippen LogP contribution >= 0.6 is 0 Å². The topological polar surface area (TPSA) is 109 Å². The second-order valence-electron chi connectivity index (χ2n) is 7.34. The zero-order valence-electron chi connectivity index (χ0n) is 15.1. The number of nitrogens with two attached hydrogens (primary N) is 1. The highest BCUT2D eigenvalue weighted by Gasteiger charge is 2.37. The molecule has 2 aromatic rings. The SMILES string of the molecule is CCc1c[nH]c2ncnc(N3CC[C@](N)(CNC(=O)C4CCCO4)C3)c12. The molecule has 0 radical (unpaired) electrons. The van der Waals surface area contributed by atoms with Crippen LogP contribution in [0.5, 0.6) is 0 Å². The molecule has 4 rings (SSSR count). The van der Waals surface area contributed by atoms with Gasteiger partial charge in [-0.3, -0.25) is 4.79 Å². The highest BCUT2D eigenvalue weighted by Crippen LogP contribution is 2.31. The minimum atomic E-state index is -0.464. The Kier molecular flexibility index (Phi) is 4.54. The summed E-state index contributed by atoms with van der Waals surface area (Å²) in [6.07, 6.45) is 6.72. The summed E-state index contributed by atoms with van der Waals surface area (Å²) in [5, 5.41) is 4.05. The molecule has 8 heteroatoms. The third-order valence-electron chi connectivity index (χ3n) is 5.43. The number of H-pyrrole nitrogens is 1. The fourth-order valence-corrected chi connectivity index (χ4v) is 3.91. The monoisotopic (exact) mass is 358 g/mol. The number of hydrogen-bond donors (Lipinski definition) is 3. The van der Waals surface area contributed by atoms with E-state index in [2.05, 4.69) is 32.1 Å². The van der Waals surface area contributed by atoms with Gasteiger partial charge in [0.25, 0.3) is 0 Å². The number of nitrogens with one attached hydrogen (secondary N) is 2. The summed E-state index contributed by atoms with van der Waals surface area (Å²) in [5.41, 5.74) is 8.17. The lowest BCUT2D eigenvalue weighted by molar-refractivity contribution is -0.130. The first-order valence-corrected chi connectivity index (χ1v) is 9.34. The van der Waals surface area contributed by atoms with Gasteiger partial charge in [-0.1, -0.05) is 6.92 Å². The van der Waals surface area contributed by atoms with Gasteiger partial charge in [-0.2, -0.15) is 0 Å². The fourth-order valence-electron chi connectivity index (χ4n) is 3.91.